The van der Waals surface area contributed by atoms with Crippen molar-refractivity contribution in [3.05, 3.63) is 35.6 Å². The molecule has 5 nitrogen and oxygen atoms in total. The summed E-state index contributed by atoms with van der Waals surface area (Å²) >= 11 is 0. The number of hydrogen-bond donors (Lipinski definition) is 1. The lowest BCUT2D eigenvalue weighted by molar-refractivity contribution is 0.0962. The molecule has 0 aliphatic heterocycles. The molecule has 0 bridgehead atoms. The number of carbonyl (C=O) groups excluding carboxylic acids is 1. The van der Waals surface area contributed by atoms with Gasteiger partial charge in [-0.3, -0.25) is 4.79 Å². The topological polar surface area (TPSA) is 64.4 Å². The number of benzene rings is 1. The summed E-state index contributed by atoms with van der Waals surface area (Å²) in [5.74, 6) is 1.04. The van der Waals surface area contributed by atoms with Crippen molar-refractivity contribution in [3.8, 4) is 17.0 Å². The van der Waals surface area contributed by atoms with Crippen molar-refractivity contribution in [2.24, 2.45) is 0 Å². The molecule has 0 aliphatic rings. The van der Waals surface area contributed by atoms with E-state index in [1.54, 1.807) is 21.1 Å². The molecule has 2 rings (SSSR count). The van der Waals surface area contributed by atoms with Gasteiger partial charge in [0.1, 0.15) is 22.8 Å². The highest BCUT2D eigenvalue weighted by molar-refractivity contribution is 6.00. The minimum absolute atomic E-state index is 0.209. The van der Waals surface area contributed by atoms with Crippen LogP contribution in [0.3, 0.4) is 0 Å². The molecule has 0 aliphatic carbocycles. The summed E-state index contributed by atoms with van der Waals surface area (Å²) in [5.41, 5.74) is 1.81. The molecule has 1 amide bonds. The van der Waals surface area contributed by atoms with Crippen LogP contribution in [0.15, 0.2) is 28.8 Å². The molecule has 1 aromatic heterocycles. The van der Waals surface area contributed by atoms with E-state index >= 15 is 0 Å². The molecule has 0 atom stereocenters. The second-order valence-electron chi connectivity index (χ2n) is 3.77. The van der Waals surface area contributed by atoms with Crippen molar-refractivity contribution in [2.45, 2.75) is 6.92 Å². The molecule has 1 heterocycles. The Morgan fingerprint density at radius 2 is 2.00 bits per heavy atom. The van der Waals surface area contributed by atoms with Gasteiger partial charge in [0, 0.05) is 12.6 Å². The Morgan fingerprint density at radius 1 is 1.33 bits per heavy atom. The molecule has 0 saturated heterocycles. The van der Waals surface area contributed by atoms with Gasteiger partial charge in [-0.25, -0.2) is 0 Å². The molecular weight excluding hydrogens is 232 g/mol. The summed E-state index contributed by atoms with van der Waals surface area (Å²) < 4.78 is 10.2. The smallest absolute Gasteiger partial charge is 0.256 e. The summed E-state index contributed by atoms with van der Waals surface area (Å²) in [4.78, 5) is 11.8. The van der Waals surface area contributed by atoms with Crippen molar-refractivity contribution in [1.29, 1.82) is 0 Å². The average molecular weight is 246 g/mol. The van der Waals surface area contributed by atoms with Crippen LogP contribution in [0.4, 0.5) is 0 Å². The fourth-order valence-electron chi connectivity index (χ4n) is 1.71. The number of nitrogens with zero attached hydrogens (tertiary/aromatic N) is 1. The van der Waals surface area contributed by atoms with Gasteiger partial charge in [-0.05, 0) is 31.2 Å². The van der Waals surface area contributed by atoms with Crippen LogP contribution >= 0.6 is 0 Å². The quantitative estimate of drug-likeness (QED) is 0.899. The lowest BCUT2D eigenvalue weighted by atomic mass is 10.1. The van der Waals surface area contributed by atoms with Crippen molar-refractivity contribution >= 4 is 5.91 Å². The van der Waals surface area contributed by atoms with Crippen LogP contribution in [-0.2, 0) is 0 Å². The number of hydrogen-bond acceptors (Lipinski definition) is 4. The maximum absolute atomic E-state index is 11.8. The standard InChI is InChI=1S/C13H14N2O3/c1-8-11(13(16)14-2)12(15-18-8)9-4-6-10(17-3)7-5-9/h4-7H,1-3H3,(H,14,16). The van der Waals surface area contributed by atoms with Crippen LogP contribution in [0.5, 0.6) is 5.75 Å². The van der Waals surface area contributed by atoms with Crippen LogP contribution < -0.4 is 10.1 Å². The predicted molar refractivity (Wildman–Crippen MR) is 66.6 cm³/mol. The molecule has 5 heteroatoms. The first-order valence-corrected chi connectivity index (χ1v) is 5.50. The van der Waals surface area contributed by atoms with Gasteiger partial charge in [0.2, 0.25) is 0 Å². The molecule has 0 unspecified atom stereocenters. The van der Waals surface area contributed by atoms with Gasteiger partial charge in [-0.2, -0.15) is 0 Å². The molecule has 0 saturated carbocycles. The fraction of sp³-hybridized carbons (Fsp3) is 0.231. The van der Waals surface area contributed by atoms with Gasteiger partial charge in [0.25, 0.3) is 5.91 Å². The van der Waals surface area contributed by atoms with Crippen molar-refractivity contribution in [3.63, 3.8) is 0 Å². The van der Waals surface area contributed by atoms with Gasteiger partial charge >= 0.3 is 0 Å². The first-order chi connectivity index (χ1) is 8.67. The first-order valence-electron chi connectivity index (χ1n) is 5.50. The highest BCUT2D eigenvalue weighted by Gasteiger charge is 2.20. The molecule has 2 aromatic rings. The second-order valence-corrected chi connectivity index (χ2v) is 3.77. The number of carbonyl (C=O) groups is 1. The summed E-state index contributed by atoms with van der Waals surface area (Å²) in [7, 11) is 3.18. The number of ether oxygens (including phenoxy) is 1. The third-order valence-electron chi connectivity index (χ3n) is 2.68. The highest BCUT2D eigenvalue weighted by atomic mass is 16.5. The van der Waals surface area contributed by atoms with Gasteiger partial charge in [0.05, 0.1) is 7.11 Å². The minimum Gasteiger partial charge on any atom is -0.497 e. The van der Waals surface area contributed by atoms with E-state index < -0.39 is 0 Å². The van der Waals surface area contributed by atoms with Crippen LogP contribution in [0.2, 0.25) is 0 Å². The summed E-state index contributed by atoms with van der Waals surface area (Å²) in [5, 5.41) is 6.51. The highest BCUT2D eigenvalue weighted by Crippen LogP contribution is 2.26. The molecule has 0 spiro atoms. The van der Waals surface area contributed by atoms with Crippen molar-refractivity contribution in [1.82, 2.24) is 10.5 Å². The number of aryl methyl sites for hydroxylation is 1. The van der Waals surface area contributed by atoms with Crippen LogP contribution in [0, 0.1) is 6.92 Å². The Morgan fingerprint density at radius 3 is 2.56 bits per heavy atom. The van der Waals surface area contributed by atoms with Crippen molar-refractivity contribution in [2.75, 3.05) is 14.2 Å². The minimum atomic E-state index is -0.209. The first kappa shape index (κ1) is 12.2. The number of methoxy groups -OCH3 is 1. The van der Waals surface area contributed by atoms with E-state index in [2.05, 4.69) is 10.5 Å². The van der Waals surface area contributed by atoms with E-state index in [1.165, 1.54) is 0 Å². The number of amides is 1. The Balaban J connectivity index is 2.47. The SMILES string of the molecule is CNC(=O)c1c(-c2ccc(OC)cc2)noc1C. The Hall–Kier alpha value is -2.30. The normalized spacial score (nSPS) is 10.2. The van der Waals surface area contributed by atoms with E-state index in [0.717, 1.165) is 11.3 Å². The largest absolute Gasteiger partial charge is 0.497 e. The van der Waals surface area contributed by atoms with E-state index in [4.69, 9.17) is 9.26 Å². The monoisotopic (exact) mass is 246 g/mol. The molecule has 94 valence electrons. The van der Waals surface area contributed by atoms with E-state index in [-0.39, 0.29) is 5.91 Å². The van der Waals surface area contributed by atoms with Gasteiger partial charge in [-0.1, -0.05) is 5.16 Å². The molecule has 1 N–H and O–H groups in total. The average Bonchev–Trinajstić information content (AvgIpc) is 2.80. The second kappa shape index (κ2) is 4.91. The number of nitrogens with one attached hydrogen (secondary N) is 1. The van der Waals surface area contributed by atoms with E-state index in [1.807, 2.05) is 24.3 Å². The summed E-state index contributed by atoms with van der Waals surface area (Å²) in [6.45, 7) is 1.71. The Labute approximate surface area is 105 Å². The lowest BCUT2D eigenvalue weighted by Gasteiger charge is -2.03. The van der Waals surface area contributed by atoms with Crippen molar-refractivity contribution < 1.29 is 14.1 Å². The third kappa shape index (κ3) is 2.07. The van der Waals surface area contributed by atoms with E-state index in [0.29, 0.717) is 17.0 Å². The van der Waals surface area contributed by atoms with Crippen LogP contribution in [0.1, 0.15) is 16.1 Å². The molecule has 0 radical (unpaired) electrons. The van der Waals surface area contributed by atoms with Gasteiger partial charge < -0.3 is 14.6 Å². The third-order valence-corrected chi connectivity index (χ3v) is 2.68. The lowest BCUT2D eigenvalue weighted by Crippen LogP contribution is -2.18. The zero-order chi connectivity index (χ0) is 13.1. The number of rotatable bonds is 3. The maximum Gasteiger partial charge on any atom is 0.256 e. The number of aromatic nitrogens is 1. The Bertz CT molecular complexity index is 558. The van der Waals surface area contributed by atoms with E-state index in [9.17, 15) is 4.79 Å². The molecule has 18 heavy (non-hydrogen) atoms. The van der Waals surface area contributed by atoms with Gasteiger partial charge in [-0.15, -0.1) is 0 Å². The fourth-order valence-corrected chi connectivity index (χ4v) is 1.71. The van der Waals surface area contributed by atoms with Crippen LogP contribution in [0.25, 0.3) is 11.3 Å². The predicted octanol–water partition coefficient (Wildman–Crippen LogP) is 2.02. The van der Waals surface area contributed by atoms with Gasteiger partial charge in [0.15, 0.2) is 0 Å². The van der Waals surface area contributed by atoms with Crippen LogP contribution in [-0.4, -0.2) is 25.2 Å². The Kier molecular flexibility index (Phi) is 3.32. The zero-order valence-corrected chi connectivity index (χ0v) is 10.5. The summed E-state index contributed by atoms with van der Waals surface area (Å²) in [6, 6.07) is 7.30. The zero-order valence-electron chi connectivity index (χ0n) is 10.5. The molecule has 0 fully saturated rings. The molecule has 1 aromatic carbocycles. The molecular formula is C13H14N2O3. The maximum atomic E-state index is 11.8. The summed E-state index contributed by atoms with van der Waals surface area (Å²) in [6.07, 6.45) is 0.